The van der Waals surface area contributed by atoms with E-state index < -0.39 is 56.6 Å². The highest BCUT2D eigenvalue weighted by molar-refractivity contribution is 7.89. The molecule has 1 aromatic heterocycles. The molecule has 40 heavy (non-hydrogen) atoms. The number of rotatable bonds is 8. The summed E-state index contributed by atoms with van der Waals surface area (Å²) in [5, 5.41) is 4.33. The van der Waals surface area contributed by atoms with Crippen LogP contribution in [-0.2, 0) is 16.6 Å². The van der Waals surface area contributed by atoms with Crippen molar-refractivity contribution in [3.63, 3.8) is 0 Å². The lowest BCUT2D eigenvalue weighted by Crippen LogP contribution is -2.34. The highest BCUT2D eigenvalue weighted by Crippen LogP contribution is 2.38. The number of hydrogen-bond donors (Lipinski definition) is 1. The quantitative estimate of drug-likeness (QED) is 0.142. The van der Waals surface area contributed by atoms with Crippen LogP contribution in [0.4, 0.5) is 27.8 Å². The molecule has 4 aromatic rings. The zero-order chi connectivity index (χ0) is 28.3. The number of sulfonamides is 1. The first-order chi connectivity index (χ1) is 19.1. The van der Waals surface area contributed by atoms with Crippen LogP contribution >= 0.6 is 11.6 Å². The van der Waals surface area contributed by atoms with Crippen molar-refractivity contribution in [2.45, 2.75) is 49.2 Å². The van der Waals surface area contributed by atoms with E-state index in [9.17, 15) is 30.4 Å². The van der Waals surface area contributed by atoms with E-state index >= 15 is 0 Å². The van der Waals surface area contributed by atoms with Crippen LogP contribution < -0.4 is 5.32 Å². The van der Waals surface area contributed by atoms with Gasteiger partial charge in [0.15, 0.2) is 28.2 Å². The highest BCUT2D eigenvalue weighted by atomic mass is 35.5. The third kappa shape index (κ3) is 4.77. The van der Waals surface area contributed by atoms with Crippen molar-refractivity contribution in [1.82, 2.24) is 14.3 Å². The number of benzene rings is 3. The largest absolute Gasteiger partial charge is 0.367 e. The fourth-order valence-corrected chi connectivity index (χ4v) is 6.47. The molecule has 2 aliphatic rings. The molecular formula is C27H20ClF5N4O2S. The summed E-state index contributed by atoms with van der Waals surface area (Å²) in [6.45, 7) is -0.440. The van der Waals surface area contributed by atoms with Gasteiger partial charge < -0.3 is 5.32 Å². The van der Waals surface area contributed by atoms with Gasteiger partial charge in [-0.05, 0) is 66.6 Å². The van der Waals surface area contributed by atoms with Crippen molar-refractivity contribution in [3.05, 3.63) is 82.4 Å². The maximum atomic E-state index is 14.5. The fraction of sp³-hybridized carbons (Fsp3) is 0.259. The molecule has 0 aliphatic heterocycles. The zero-order valence-corrected chi connectivity index (χ0v) is 22.1. The van der Waals surface area contributed by atoms with E-state index in [-0.39, 0.29) is 5.02 Å². The Morgan fingerprint density at radius 1 is 0.850 bits per heavy atom. The van der Waals surface area contributed by atoms with Gasteiger partial charge in [-0.25, -0.2) is 40.3 Å². The maximum Gasteiger partial charge on any atom is 0.249 e. The molecule has 208 valence electrons. The smallest absolute Gasteiger partial charge is 0.249 e. The SMILES string of the molecule is O=S(=O)(c1c(F)c(F)c(F)c(F)c1F)N(Cc1cc(-c2ccc3ncnc(NC4CC4)c3c2)ccc1Cl)C1CC1. The van der Waals surface area contributed by atoms with E-state index in [1.165, 1.54) is 6.33 Å². The standard InChI is InChI=1S/C27H20ClF5N4O2S/c28-19-7-1-13(14-2-8-20-18(10-14)27(35-12-34-20)36-16-3-4-16)9-15(19)11-37(17-5-6-17)40(38,39)26-24(32)22(30)21(29)23(31)25(26)33/h1-2,7-10,12,16-17H,3-6,11H2,(H,34,35,36). The lowest BCUT2D eigenvalue weighted by molar-refractivity contribution is 0.346. The molecule has 0 atom stereocenters. The first-order valence-corrected chi connectivity index (χ1v) is 14.2. The van der Waals surface area contributed by atoms with Gasteiger partial charge in [0.05, 0.1) is 5.52 Å². The van der Waals surface area contributed by atoms with Crippen LogP contribution in [0, 0.1) is 29.1 Å². The van der Waals surface area contributed by atoms with Crippen molar-refractivity contribution in [2.24, 2.45) is 0 Å². The van der Waals surface area contributed by atoms with Gasteiger partial charge in [0.2, 0.25) is 15.8 Å². The molecule has 2 fully saturated rings. The molecule has 0 spiro atoms. The lowest BCUT2D eigenvalue weighted by Gasteiger charge is -2.23. The Morgan fingerprint density at radius 2 is 1.48 bits per heavy atom. The molecule has 2 saturated carbocycles. The summed E-state index contributed by atoms with van der Waals surface area (Å²) in [7, 11) is -5.14. The second kappa shape index (κ2) is 9.93. The van der Waals surface area contributed by atoms with Crippen molar-refractivity contribution < 1.29 is 30.4 Å². The number of nitrogens with zero attached hydrogens (tertiary/aromatic N) is 3. The molecular weight excluding hydrogens is 575 g/mol. The van der Waals surface area contributed by atoms with Crippen molar-refractivity contribution in [3.8, 4) is 11.1 Å². The number of halogens is 6. The van der Waals surface area contributed by atoms with Crippen molar-refractivity contribution in [1.29, 1.82) is 0 Å². The normalized spacial score (nSPS) is 15.7. The molecule has 0 unspecified atom stereocenters. The summed E-state index contributed by atoms with van der Waals surface area (Å²) in [6.07, 6.45) is 4.29. The minimum atomic E-state index is -5.14. The van der Waals surface area contributed by atoms with Crippen LogP contribution in [0.3, 0.4) is 0 Å². The summed E-state index contributed by atoms with van der Waals surface area (Å²) in [5.74, 6) is -11.2. The molecule has 6 rings (SSSR count). The monoisotopic (exact) mass is 594 g/mol. The van der Waals surface area contributed by atoms with E-state index in [1.54, 1.807) is 18.2 Å². The minimum Gasteiger partial charge on any atom is -0.367 e. The second-order valence-corrected chi connectivity index (χ2v) is 12.1. The predicted molar refractivity (Wildman–Crippen MR) is 139 cm³/mol. The summed E-state index contributed by atoms with van der Waals surface area (Å²) >= 11 is 6.40. The van der Waals surface area contributed by atoms with Crippen LogP contribution in [0.5, 0.6) is 0 Å². The minimum absolute atomic E-state index is 0.169. The Balaban J connectivity index is 1.38. The Labute approximate surface area is 230 Å². The highest BCUT2D eigenvalue weighted by Gasteiger charge is 2.43. The summed E-state index contributed by atoms with van der Waals surface area (Å²) in [4.78, 5) is 6.78. The molecule has 6 nitrogen and oxygen atoms in total. The number of aromatic nitrogens is 2. The van der Waals surface area contributed by atoms with E-state index in [0.29, 0.717) is 35.8 Å². The molecule has 3 aromatic carbocycles. The zero-order valence-electron chi connectivity index (χ0n) is 20.6. The average Bonchev–Trinajstić information content (AvgIpc) is 3.86. The number of nitrogens with one attached hydrogen (secondary N) is 1. The Hall–Kier alpha value is -3.35. The van der Waals surface area contributed by atoms with E-state index in [1.807, 2.05) is 18.2 Å². The van der Waals surface area contributed by atoms with Crippen LogP contribution in [0.2, 0.25) is 5.02 Å². The van der Waals surface area contributed by atoms with Crippen LogP contribution in [0.1, 0.15) is 31.2 Å². The van der Waals surface area contributed by atoms with Crippen LogP contribution in [0.25, 0.3) is 22.0 Å². The van der Waals surface area contributed by atoms with E-state index in [4.69, 9.17) is 11.6 Å². The van der Waals surface area contributed by atoms with Gasteiger partial charge in [0, 0.05) is 29.0 Å². The molecule has 0 saturated heterocycles. The molecule has 0 amide bonds. The first kappa shape index (κ1) is 26.9. The topological polar surface area (TPSA) is 75.2 Å². The van der Waals surface area contributed by atoms with Gasteiger partial charge in [-0.15, -0.1) is 0 Å². The maximum absolute atomic E-state index is 14.5. The summed E-state index contributed by atoms with van der Waals surface area (Å²) in [5.41, 5.74) is 2.43. The third-order valence-corrected chi connectivity index (χ3v) is 9.24. The van der Waals surface area contributed by atoms with Gasteiger partial charge in [-0.1, -0.05) is 23.7 Å². The molecule has 2 aliphatic carbocycles. The molecule has 1 N–H and O–H groups in total. The summed E-state index contributed by atoms with van der Waals surface area (Å²) < 4.78 is 97.8. The van der Waals surface area contributed by atoms with Crippen LogP contribution in [-0.4, -0.2) is 34.8 Å². The average molecular weight is 595 g/mol. The lowest BCUT2D eigenvalue weighted by atomic mass is 10.0. The van der Waals surface area contributed by atoms with Crippen molar-refractivity contribution in [2.75, 3.05) is 5.32 Å². The fourth-order valence-electron chi connectivity index (χ4n) is 4.52. The van der Waals surface area contributed by atoms with Gasteiger partial charge in [-0.2, -0.15) is 4.31 Å². The second-order valence-electron chi connectivity index (χ2n) is 9.86. The molecule has 1 heterocycles. The number of anilines is 1. The first-order valence-electron chi connectivity index (χ1n) is 12.4. The van der Waals surface area contributed by atoms with Crippen LogP contribution in [0.15, 0.2) is 47.6 Å². The third-order valence-electron chi connectivity index (χ3n) is 6.95. The van der Waals surface area contributed by atoms with Gasteiger partial charge in [0.1, 0.15) is 12.1 Å². The van der Waals surface area contributed by atoms with Crippen molar-refractivity contribution >= 4 is 38.3 Å². The van der Waals surface area contributed by atoms with E-state index in [2.05, 4.69) is 15.3 Å². The van der Waals surface area contributed by atoms with Gasteiger partial charge in [0.25, 0.3) is 0 Å². The Morgan fingerprint density at radius 3 is 2.12 bits per heavy atom. The molecule has 0 bridgehead atoms. The number of hydrogen-bond acceptors (Lipinski definition) is 5. The molecule has 13 heteroatoms. The van der Waals surface area contributed by atoms with Gasteiger partial charge in [-0.3, -0.25) is 0 Å². The van der Waals surface area contributed by atoms with E-state index in [0.717, 1.165) is 33.6 Å². The Kier molecular flexibility index (Phi) is 6.67. The summed E-state index contributed by atoms with van der Waals surface area (Å²) in [6, 6.07) is 10.1. The number of fused-ring (bicyclic) bond motifs is 1. The molecule has 0 radical (unpaired) electrons. The predicted octanol–water partition coefficient (Wildman–Crippen LogP) is 6.57. The van der Waals surface area contributed by atoms with Gasteiger partial charge >= 0.3 is 0 Å². The Bertz CT molecular complexity index is 1750.